The van der Waals surface area contributed by atoms with Gasteiger partial charge in [0.25, 0.3) is 0 Å². The topological polar surface area (TPSA) is 79.3 Å². The quantitative estimate of drug-likeness (QED) is 0.783. The van der Waals surface area contributed by atoms with Gasteiger partial charge in [0, 0.05) is 5.38 Å². The summed E-state index contributed by atoms with van der Waals surface area (Å²) in [5, 5.41) is 14.3. The van der Waals surface area contributed by atoms with E-state index in [1.807, 2.05) is 6.92 Å². The molecule has 0 bridgehead atoms. The van der Waals surface area contributed by atoms with Crippen LogP contribution in [-0.2, 0) is 22.4 Å². The first-order chi connectivity index (χ1) is 11.4. The minimum atomic E-state index is -1.10. The van der Waals surface area contributed by atoms with E-state index in [9.17, 15) is 14.0 Å². The minimum Gasteiger partial charge on any atom is -0.481 e. The van der Waals surface area contributed by atoms with Crippen LogP contribution in [0.25, 0.3) is 0 Å². The number of halogens is 2. The Morgan fingerprint density at radius 1 is 1.46 bits per heavy atom. The summed E-state index contributed by atoms with van der Waals surface area (Å²) in [7, 11) is 0. The summed E-state index contributed by atoms with van der Waals surface area (Å²) in [4.78, 5) is 27.5. The zero-order valence-corrected chi connectivity index (χ0v) is 14.5. The van der Waals surface area contributed by atoms with E-state index in [2.05, 4.69) is 10.3 Å². The number of aryl methyl sites for hydroxylation is 1. The third-order valence-corrected chi connectivity index (χ3v) is 4.65. The Morgan fingerprint density at radius 3 is 2.79 bits per heavy atom. The number of carbonyl (C=O) groups is 2. The molecule has 2 N–H and O–H groups in total. The molecule has 128 valence electrons. The predicted octanol–water partition coefficient (Wildman–Crippen LogP) is 3.37. The van der Waals surface area contributed by atoms with Crippen LogP contribution in [0.5, 0.6) is 0 Å². The third-order valence-electron chi connectivity index (χ3n) is 3.30. The highest BCUT2D eigenvalue weighted by atomic mass is 35.5. The van der Waals surface area contributed by atoms with Gasteiger partial charge in [-0.05, 0) is 24.1 Å². The van der Waals surface area contributed by atoms with E-state index in [1.54, 1.807) is 5.38 Å². The van der Waals surface area contributed by atoms with Gasteiger partial charge in [-0.1, -0.05) is 24.6 Å². The highest BCUT2D eigenvalue weighted by molar-refractivity contribution is 7.09. The Morgan fingerprint density at radius 2 is 2.21 bits per heavy atom. The van der Waals surface area contributed by atoms with Crippen LogP contribution in [0.2, 0.25) is 5.02 Å². The van der Waals surface area contributed by atoms with Gasteiger partial charge in [0.15, 0.2) is 0 Å². The lowest BCUT2D eigenvalue weighted by Crippen LogP contribution is -2.31. The molecule has 1 atom stereocenters. The average Bonchev–Trinajstić information content (AvgIpc) is 2.96. The first-order valence-electron chi connectivity index (χ1n) is 7.28. The van der Waals surface area contributed by atoms with Crippen molar-refractivity contribution in [2.75, 3.05) is 0 Å². The smallest absolute Gasteiger partial charge is 0.305 e. The number of rotatable bonds is 7. The Bertz CT molecular complexity index is 751. The molecule has 0 saturated heterocycles. The second-order valence-corrected chi connectivity index (χ2v) is 6.50. The number of nitrogens with zero attached hydrogens (tertiary/aromatic N) is 1. The van der Waals surface area contributed by atoms with E-state index in [-0.39, 0.29) is 23.8 Å². The molecule has 2 rings (SSSR count). The molecule has 2 aromatic rings. The van der Waals surface area contributed by atoms with Gasteiger partial charge < -0.3 is 10.4 Å². The molecule has 0 radical (unpaired) electrons. The van der Waals surface area contributed by atoms with Gasteiger partial charge in [0.2, 0.25) is 5.91 Å². The molecular formula is C16H16ClFN2O3S. The number of nitrogens with one attached hydrogen (secondary N) is 1. The molecule has 1 aromatic carbocycles. The van der Waals surface area contributed by atoms with Gasteiger partial charge >= 0.3 is 5.97 Å². The first-order valence-corrected chi connectivity index (χ1v) is 8.54. The molecule has 24 heavy (non-hydrogen) atoms. The van der Waals surface area contributed by atoms with Crippen molar-refractivity contribution >= 4 is 34.8 Å². The van der Waals surface area contributed by atoms with Crippen molar-refractivity contribution in [3.8, 4) is 0 Å². The lowest BCUT2D eigenvalue weighted by atomic mass is 10.0. The van der Waals surface area contributed by atoms with Gasteiger partial charge in [-0.25, -0.2) is 9.37 Å². The Kier molecular flexibility index (Phi) is 6.28. The summed E-state index contributed by atoms with van der Waals surface area (Å²) in [6.45, 7) is 1.97. The van der Waals surface area contributed by atoms with E-state index in [0.29, 0.717) is 11.3 Å². The largest absolute Gasteiger partial charge is 0.481 e. The molecule has 1 heterocycles. The van der Waals surface area contributed by atoms with Crippen LogP contribution in [0.15, 0.2) is 23.6 Å². The van der Waals surface area contributed by atoms with Crippen molar-refractivity contribution < 1.29 is 19.1 Å². The zero-order chi connectivity index (χ0) is 17.7. The van der Waals surface area contributed by atoms with E-state index in [1.165, 1.54) is 23.5 Å². The summed E-state index contributed by atoms with van der Waals surface area (Å²) < 4.78 is 13.6. The number of carbonyl (C=O) groups excluding carboxylic acids is 1. The van der Waals surface area contributed by atoms with Crippen molar-refractivity contribution in [2.45, 2.75) is 32.2 Å². The van der Waals surface area contributed by atoms with Gasteiger partial charge in [-0.15, -0.1) is 11.3 Å². The molecular weight excluding hydrogens is 355 g/mol. The van der Waals surface area contributed by atoms with Crippen LogP contribution in [-0.4, -0.2) is 22.0 Å². The van der Waals surface area contributed by atoms with Gasteiger partial charge in [-0.3, -0.25) is 9.59 Å². The van der Waals surface area contributed by atoms with Gasteiger partial charge in [-0.2, -0.15) is 0 Å². The van der Waals surface area contributed by atoms with Crippen molar-refractivity contribution in [1.82, 2.24) is 10.3 Å². The maximum atomic E-state index is 13.6. The summed E-state index contributed by atoms with van der Waals surface area (Å²) in [6, 6.07) is 3.12. The maximum absolute atomic E-state index is 13.6. The summed E-state index contributed by atoms with van der Waals surface area (Å²) >= 11 is 7.11. The van der Waals surface area contributed by atoms with Crippen LogP contribution in [0, 0.1) is 5.82 Å². The molecule has 8 heteroatoms. The van der Waals surface area contributed by atoms with Crippen molar-refractivity contribution in [2.24, 2.45) is 0 Å². The fourth-order valence-corrected chi connectivity index (χ4v) is 3.02. The normalized spacial score (nSPS) is 12.0. The fourth-order valence-electron chi connectivity index (χ4n) is 2.16. The Balaban J connectivity index is 2.11. The number of benzene rings is 1. The van der Waals surface area contributed by atoms with Crippen molar-refractivity contribution in [3.63, 3.8) is 0 Å². The molecule has 1 unspecified atom stereocenters. The van der Waals surface area contributed by atoms with Crippen LogP contribution >= 0.6 is 22.9 Å². The fraction of sp³-hybridized carbons (Fsp3) is 0.312. The highest BCUT2D eigenvalue weighted by Crippen LogP contribution is 2.23. The molecule has 0 fully saturated rings. The minimum absolute atomic E-state index is 0.0443. The molecule has 0 aliphatic rings. The Labute approximate surface area is 147 Å². The number of aliphatic carboxylic acids is 1. The second kappa shape index (κ2) is 8.21. The SMILES string of the molecule is CCc1nc(CC(=O)NC(CC(=O)O)c2ccc(Cl)c(F)c2)cs1. The van der Waals surface area contributed by atoms with Gasteiger partial charge in [0.1, 0.15) is 5.82 Å². The van der Waals surface area contributed by atoms with E-state index >= 15 is 0 Å². The van der Waals surface area contributed by atoms with Crippen molar-refractivity contribution in [1.29, 1.82) is 0 Å². The number of hydrogen-bond donors (Lipinski definition) is 2. The Hall–Kier alpha value is -1.99. The maximum Gasteiger partial charge on any atom is 0.305 e. The lowest BCUT2D eigenvalue weighted by molar-refractivity contribution is -0.137. The zero-order valence-electron chi connectivity index (χ0n) is 12.9. The van der Waals surface area contributed by atoms with Crippen LogP contribution < -0.4 is 5.32 Å². The van der Waals surface area contributed by atoms with E-state index in [0.717, 1.165) is 17.5 Å². The van der Waals surface area contributed by atoms with E-state index in [4.69, 9.17) is 16.7 Å². The number of aromatic nitrogens is 1. The van der Waals surface area contributed by atoms with Crippen molar-refractivity contribution in [3.05, 3.63) is 50.7 Å². The summed E-state index contributed by atoms with van der Waals surface area (Å²) in [6.07, 6.45) is 0.477. The predicted molar refractivity (Wildman–Crippen MR) is 89.7 cm³/mol. The number of carboxylic acids is 1. The summed E-state index contributed by atoms with van der Waals surface area (Å²) in [5.41, 5.74) is 0.978. The van der Waals surface area contributed by atoms with Crippen LogP contribution in [0.3, 0.4) is 0 Å². The molecule has 0 spiro atoms. The van der Waals surface area contributed by atoms with Crippen LogP contribution in [0.1, 0.15) is 35.7 Å². The standard InChI is InChI=1S/C16H16ClFN2O3S/c1-2-15-19-10(8-24-15)6-14(21)20-13(7-16(22)23)9-3-4-11(17)12(18)5-9/h3-5,8,13H,2,6-7H2,1H3,(H,20,21)(H,22,23). The number of hydrogen-bond acceptors (Lipinski definition) is 4. The van der Waals surface area contributed by atoms with Gasteiger partial charge in [0.05, 0.1) is 34.6 Å². The number of amides is 1. The number of carboxylic acid groups (broad SMARTS) is 1. The van der Waals surface area contributed by atoms with Crippen LogP contribution in [0.4, 0.5) is 4.39 Å². The first kappa shape index (κ1) is 18.4. The summed E-state index contributed by atoms with van der Waals surface area (Å²) in [5.74, 6) is -2.13. The third kappa shape index (κ3) is 5.01. The monoisotopic (exact) mass is 370 g/mol. The highest BCUT2D eigenvalue weighted by Gasteiger charge is 2.20. The molecule has 1 aromatic heterocycles. The molecule has 0 saturated carbocycles. The lowest BCUT2D eigenvalue weighted by Gasteiger charge is -2.17. The number of thiazole rings is 1. The average molecular weight is 371 g/mol. The van der Waals surface area contributed by atoms with E-state index < -0.39 is 17.8 Å². The molecule has 0 aliphatic heterocycles. The molecule has 5 nitrogen and oxygen atoms in total. The second-order valence-electron chi connectivity index (χ2n) is 5.15. The molecule has 1 amide bonds. The molecule has 0 aliphatic carbocycles.